The summed E-state index contributed by atoms with van der Waals surface area (Å²) in [5.41, 5.74) is 2.28. The van der Waals surface area contributed by atoms with Crippen LogP contribution in [0.3, 0.4) is 0 Å². The van der Waals surface area contributed by atoms with Gasteiger partial charge in [-0.3, -0.25) is 4.79 Å². The van der Waals surface area contributed by atoms with E-state index in [9.17, 15) is 26.4 Å². The molecule has 1 aliphatic heterocycles. The molecular formula is C24H18F3NO3S2. The maximum Gasteiger partial charge on any atom is 0.262 e. The average Bonchev–Trinajstić information content (AvgIpc) is 2.73. The fraction of sp³-hybridized carbons (Fsp3) is 0.125. The van der Waals surface area contributed by atoms with Gasteiger partial charge in [-0.05, 0) is 54.8 Å². The summed E-state index contributed by atoms with van der Waals surface area (Å²) >= 11 is 0.882. The Morgan fingerprint density at radius 2 is 1.61 bits per heavy atom. The quantitative estimate of drug-likeness (QED) is 0.472. The van der Waals surface area contributed by atoms with E-state index >= 15 is 0 Å². The number of carbonyl (C=O) groups excluding carboxylic acids is 1. The van der Waals surface area contributed by atoms with Crippen LogP contribution in [0.5, 0.6) is 0 Å². The van der Waals surface area contributed by atoms with Gasteiger partial charge < -0.3 is 5.32 Å². The largest absolute Gasteiger partial charge is 0.320 e. The molecule has 0 saturated carbocycles. The smallest absolute Gasteiger partial charge is 0.262 e. The lowest BCUT2D eigenvalue weighted by Gasteiger charge is -2.20. The SMILES string of the molecule is Cc1cccc(C)c1CS(=O)(=O)c1ccc2c(c1)S/C(=C\c1c(F)cc(F)cc1F)C(=O)N2. The zero-order valence-electron chi connectivity index (χ0n) is 17.6. The summed E-state index contributed by atoms with van der Waals surface area (Å²) in [5, 5.41) is 2.59. The minimum absolute atomic E-state index is 0.0591. The second-order valence-corrected chi connectivity index (χ2v) is 10.7. The Hall–Kier alpha value is -3.04. The zero-order chi connectivity index (χ0) is 23.9. The van der Waals surface area contributed by atoms with Crippen LogP contribution in [0.2, 0.25) is 0 Å². The van der Waals surface area contributed by atoms with Crippen LogP contribution in [0.4, 0.5) is 18.9 Å². The van der Waals surface area contributed by atoms with Crippen LogP contribution in [0, 0.1) is 31.3 Å². The van der Waals surface area contributed by atoms with Crippen molar-refractivity contribution in [3.05, 3.63) is 93.1 Å². The Morgan fingerprint density at radius 3 is 2.24 bits per heavy atom. The lowest BCUT2D eigenvalue weighted by atomic mass is 10.1. The number of halogens is 3. The summed E-state index contributed by atoms with van der Waals surface area (Å²) in [6, 6.07) is 10.9. The third-order valence-electron chi connectivity index (χ3n) is 5.30. The van der Waals surface area contributed by atoms with Crippen LogP contribution >= 0.6 is 11.8 Å². The molecule has 0 unspecified atom stereocenters. The molecule has 1 N–H and O–H groups in total. The van der Waals surface area contributed by atoms with Gasteiger partial charge in [0.1, 0.15) is 17.5 Å². The third-order valence-corrected chi connectivity index (χ3v) is 8.02. The maximum atomic E-state index is 14.0. The van der Waals surface area contributed by atoms with Gasteiger partial charge >= 0.3 is 0 Å². The molecule has 0 spiro atoms. The highest BCUT2D eigenvalue weighted by molar-refractivity contribution is 8.04. The number of carbonyl (C=O) groups is 1. The summed E-state index contributed by atoms with van der Waals surface area (Å²) in [6.07, 6.45) is 0.977. The number of rotatable bonds is 4. The number of anilines is 1. The molecule has 0 fully saturated rings. The summed E-state index contributed by atoms with van der Waals surface area (Å²) in [5.74, 6) is -4.16. The van der Waals surface area contributed by atoms with Crippen molar-refractivity contribution in [1.82, 2.24) is 0 Å². The standard InChI is InChI=1S/C24H18F3NO3S2/c1-13-4-3-5-14(2)18(13)12-33(30,31)16-6-7-21-22(10-16)32-23(24(29)28-21)11-17-19(26)8-15(25)9-20(17)27/h3-11H,12H2,1-2H3,(H,28,29)/b23-11-. The molecule has 0 radical (unpaired) electrons. The summed E-state index contributed by atoms with van der Waals surface area (Å²) in [4.78, 5) is 12.8. The van der Waals surface area contributed by atoms with Gasteiger partial charge in [0.05, 0.1) is 21.2 Å². The minimum atomic E-state index is -3.71. The van der Waals surface area contributed by atoms with E-state index in [1.807, 2.05) is 32.0 Å². The van der Waals surface area contributed by atoms with E-state index in [0.29, 0.717) is 22.7 Å². The molecule has 1 amide bonds. The Kier molecular flexibility index (Phi) is 6.11. The molecule has 3 aromatic carbocycles. The number of hydrogen-bond donors (Lipinski definition) is 1. The number of nitrogens with one attached hydrogen (secondary N) is 1. The van der Waals surface area contributed by atoms with Crippen molar-refractivity contribution < 1.29 is 26.4 Å². The zero-order valence-corrected chi connectivity index (χ0v) is 19.2. The predicted octanol–water partition coefficient (Wildman–Crippen LogP) is 5.78. The van der Waals surface area contributed by atoms with Crippen molar-refractivity contribution in [3.8, 4) is 0 Å². The Balaban J connectivity index is 1.69. The minimum Gasteiger partial charge on any atom is -0.320 e. The van der Waals surface area contributed by atoms with Crippen molar-refractivity contribution in [2.45, 2.75) is 29.4 Å². The van der Waals surface area contributed by atoms with E-state index in [0.717, 1.165) is 34.5 Å². The molecule has 3 aromatic rings. The first-order valence-electron chi connectivity index (χ1n) is 9.82. The van der Waals surface area contributed by atoms with Gasteiger partial charge in [0.25, 0.3) is 5.91 Å². The highest BCUT2D eigenvalue weighted by Gasteiger charge is 2.25. The van der Waals surface area contributed by atoms with E-state index in [4.69, 9.17) is 0 Å². The Bertz CT molecular complexity index is 1390. The van der Waals surface area contributed by atoms with Crippen LogP contribution in [0.25, 0.3) is 6.08 Å². The van der Waals surface area contributed by atoms with E-state index < -0.39 is 38.8 Å². The van der Waals surface area contributed by atoms with Crippen molar-refractivity contribution in [3.63, 3.8) is 0 Å². The molecule has 33 heavy (non-hydrogen) atoms. The number of amides is 1. The number of sulfone groups is 1. The molecule has 0 aliphatic carbocycles. The van der Waals surface area contributed by atoms with Crippen LogP contribution in [0.1, 0.15) is 22.3 Å². The molecule has 170 valence electrons. The highest BCUT2D eigenvalue weighted by Crippen LogP contribution is 2.41. The predicted molar refractivity (Wildman–Crippen MR) is 122 cm³/mol. The summed E-state index contributed by atoms with van der Waals surface area (Å²) in [7, 11) is -3.71. The maximum absolute atomic E-state index is 14.0. The van der Waals surface area contributed by atoms with Gasteiger partial charge in [-0.15, -0.1) is 0 Å². The van der Waals surface area contributed by atoms with E-state index in [2.05, 4.69) is 5.32 Å². The first-order valence-corrected chi connectivity index (χ1v) is 12.3. The Morgan fingerprint density at radius 1 is 0.970 bits per heavy atom. The van der Waals surface area contributed by atoms with Crippen molar-refractivity contribution in [1.29, 1.82) is 0 Å². The second kappa shape index (κ2) is 8.72. The molecule has 0 saturated heterocycles. The van der Waals surface area contributed by atoms with Gasteiger partial charge in [-0.2, -0.15) is 0 Å². The van der Waals surface area contributed by atoms with Crippen molar-refractivity contribution in [2.24, 2.45) is 0 Å². The summed E-state index contributed by atoms with van der Waals surface area (Å²) in [6.45, 7) is 3.70. The van der Waals surface area contributed by atoms with Gasteiger partial charge in [-0.25, -0.2) is 21.6 Å². The third kappa shape index (κ3) is 4.69. The number of thioether (sulfide) groups is 1. The topological polar surface area (TPSA) is 63.2 Å². The van der Waals surface area contributed by atoms with Gasteiger partial charge in [-0.1, -0.05) is 30.0 Å². The number of aryl methyl sites for hydroxylation is 2. The van der Waals surface area contributed by atoms with Crippen LogP contribution in [-0.2, 0) is 20.4 Å². The molecule has 1 aliphatic rings. The molecule has 0 bridgehead atoms. The number of hydrogen-bond acceptors (Lipinski definition) is 4. The van der Waals surface area contributed by atoms with Gasteiger partial charge in [0, 0.05) is 22.6 Å². The lowest BCUT2D eigenvalue weighted by Crippen LogP contribution is -2.18. The molecule has 1 heterocycles. The first kappa shape index (κ1) is 23.1. The second-order valence-electron chi connectivity index (χ2n) is 7.64. The van der Waals surface area contributed by atoms with Gasteiger partial charge in [0.15, 0.2) is 9.84 Å². The average molecular weight is 490 g/mol. The molecule has 0 aromatic heterocycles. The van der Waals surface area contributed by atoms with Crippen molar-refractivity contribution in [2.75, 3.05) is 5.32 Å². The number of benzene rings is 3. The number of fused-ring (bicyclic) bond motifs is 1. The summed E-state index contributed by atoms with van der Waals surface area (Å²) < 4.78 is 67.5. The molecule has 0 atom stereocenters. The van der Waals surface area contributed by atoms with E-state index in [-0.39, 0.29) is 15.6 Å². The van der Waals surface area contributed by atoms with Crippen LogP contribution in [0.15, 0.2) is 63.2 Å². The molecular weight excluding hydrogens is 471 g/mol. The fourth-order valence-electron chi connectivity index (χ4n) is 3.50. The van der Waals surface area contributed by atoms with Crippen LogP contribution in [-0.4, -0.2) is 14.3 Å². The lowest BCUT2D eigenvalue weighted by molar-refractivity contribution is -0.112. The normalized spacial score (nSPS) is 14.8. The van der Waals surface area contributed by atoms with Crippen molar-refractivity contribution >= 4 is 39.3 Å². The monoisotopic (exact) mass is 489 g/mol. The molecule has 4 rings (SSSR count). The molecule has 9 heteroatoms. The van der Waals surface area contributed by atoms with E-state index in [1.165, 1.54) is 18.2 Å². The Labute approximate surface area is 193 Å². The highest BCUT2D eigenvalue weighted by atomic mass is 32.2. The fourth-order valence-corrected chi connectivity index (χ4v) is 6.12. The molecule has 4 nitrogen and oxygen atoms in total. The van der Waals surface area contributed by atoms with E-state index in [1.54, 1.807) is 0 Å². The van der Waals surface area contributed by atoms with Crippen LogP contribution < -0.4 is 5.32 Å². The van der Waals surface area contributed by atoms with Gasteiger partial charge in [0.2, 0.25) is 0 Å². The first-order chi connectivity index (χ1) is 15.5.